The highest BCUT2D eigenvalue weighted by molar-refractivity contribution is 5.64. The molecule has 0 amide bonds. The molecule has 1 aromatic carbocycles. The molecule has 126 valence electrons. The SMILES string of the molecule is CC(C)N1CCN(c2cnc(-c3ccc4c(c3)OCO4)cn2)CC1. The largest absolute Gasteiger partial charge is 0.454 e. The van der Waals surface area contributed by atoms with Crippen molar-refractivity contribution < 1.29 is 9.47 Å². The van der Waals surface area contributed by atoms with Crippen LogP contribution in [0.25, 0.3) is 11.3 Å². The van der Waals surface area contributed by atoms with E-state index in [1.165, 1.54) is 0 Å². The number of anilines is 1. The van der Waals surface area contributed by atoms with E-state index in [9.17, 15) is 0 Å². The van der Waals surface area contributed by atoms with Gasteiger partial charge in [0.25, 0.3) is 0 Å². The minimum atomic E-state index is 0.283. The van der Waals surface area contributed by atoms with Crippen LogP contribution in [0.5, 0.6) is 11.5 Å². The van der Waals surface area contributed by atoms with E-state index in [4.69, 9.17) is 9.47 Å². The lowest BCUT2D eigenvalue weighted by molar-refractivity contribution is 0.174. The Morgan fingerprint density at radius 2 is 1.75 bits per heavy atom. The van der Waals surface area contributed by atoms with Crippen molar-refractivity contribution in [3.05, 3.63) is 30.6 Å². The molecule has 6 heteroatoms. The highest BCUT2D eigenvalue weighted by atomic mass is 16.7. The van der Waals surface area contributed by atoms with Gasteiger partial charge in [0.15, 0.2) is 11.5 Å². The van der Waals surface area contributed by atoms with Crippen LogP contribution in [-0.2, 0) is 0 Å². The standard InChI is InChI=1S/C18H22N4O2/c1-13(2)21-5-7-22(8-6-21)18-11-19-15(10-20-18)14-3-4-16-17(9-14)24-12-23-16/h3-4,9-11,13H,5-8,12H2,1-2H3. The molecule has 24 heavy (non-hydrogen) atoms. The van der Waals surface area contributed by atoms with Crippen LogP contribution in [0.1, 0.15) is 13.8 Å². The van der Waals surface area contributed by atoms with Crippen LogP contribution >= 0.6 is 0 Å². The molecule has 1 saturated heterocycles. The molecule has 6 nitrogen and oxygen atoms in total. The van der Waals surface area contributed by atoms with Crippen LogP contribution in [0.2, 0.25) is 0 Å². The lowest BCUT2D eigenvalue weighted by Gasteiger charge is -2.37. The number of hydrogen-bond donors (Lipinski definition) is 0. The van der Waals surface area contributed by atoms with Gasteiger partial charge in [0.05, 0.1) is 18.1 Å². The second-order valence-electron chi connectivity index (χ2n) is 6.44. The van der Waals surface area contributed by atoms with Crippen LogP contribution in [0.15, 0.2) is 30.6 Å². The first-order valence-electron chi connectivity index (χ1n) is 8.42. The van der Waals surface area contributed by atoms with Gasteiger partial charge in [-0.2, -0.15) is 0 Å². The first-order chi connectivity index (χ1) is 11.7. The number of piperazine rings is 1. The van der Waals surface area contributed by atoms with Crippen molar-refractivity contribution in [3.8, 4) is 22.8 Å². The Hall–Kier alpha value is -2.34. The third-order valence-corrected chi connectivity index (χ3v) is 4.68. The number of ether oxygens (including phenoxy) is 2. The van der Waals surface area contributed by atoms with Gasteiger partial charge in [-0.15, -0.1) is 0 Å². The normalized spacial score (nSPS) is 17.5. The summed E-state index contributed by atoms with van der Waals surface area (Å²) in [4.78, 5) is 14.0. The van der Waals surface area contributed by atoms with Gasteiger partial charge in [0.2, 0.25) is 6.79 Å². The summed E-state index contributed by atoms with van der Waals surface area (Å²) < 4.78 is 10.8. The molecule has 4 rings (SSSR count). The van der Waals surface area contributed by atoms with Gasteiger partial charge in [0, 0.05) is 37.8 Å². The predicted molar refractivity (Wildman–Crippen MR) is 92.5 cm³/mol. The maximum atomic E-state index is 5.43. The minimum absolute atomic E-state index is 0.283. The summed E-state index contributed by atoms with van der Waals surface area (Å²) in [6.07, 6.45) is 3.70. The van der Waals surface area contributed by atoms with Gasteiger partial charge < -0.3 is 14.4 Å². The summed E-state index contributed by atoms with van der Waals surface area (Å²) in [5.74, 6) is 2.50. The van der Waals surface area contributed by atoms with E-state index in [1.807, 2.05) is 30.6 Å². The van der Waals surface area contributed by atoms with Crippen molar-refractivity contribution in [2.75, 3.05) is 37.9 Å². The van der Waals surface area contributed by atoms with Crippen molar-refractivity contribution >= 4 is 5.82 Å². The van der Waals surface area contributed by atoms with Gasteiger partial charge in [0.1, 0.15) is 5.82 Å². The van der Waals surface area contributed by atoms with Gasteiger partial charge in [-0.3, -0.25) is 9.88 Å². The molecule has 0 unspecified atom stereocenters. The van der Waals surface area contributed by atoms with E-state index < -0.39 is 0 Å². The fourth-order valence-corrected chi connectivity index (χ4v) is 3.16. The number of fused-ring (bicyclic) bond motifs is 1. The first kappa shape index (κ1) is 15.2. The number of nitrogens with zero attached hydrogens (tertiary/aromatic N) is 4. The zero-order chi connectivity index (χ0) is 16.5. The zero-order valence-electron chi connectivity index (χ0n) is 14.1. The lowest BCUT2D eigenvalue weighted by atomic mass is 10.1. The molecule has 0 bridgehead atoms. The van der Waals surface area contributed by atoms with Crippen molar-refractivity contribution in [1.29, 1.82) is 0 Å². The van der Waals surface area contributed by atoms with E-state index in [2.05, 4.69) is 33.6 Å². The number of aromatic nitrogens is 2. The Labute approximate surface area is 142 Å². The maximum absolute atomic E-state index is 5.43. The summed E-state index contributed by atoms with van der Waals surface area (Å²) in [5.41, 5.74) is 1.83. The lowest BCUT2D eigenvalue weighted by Crippen LogP contribution is -2.49. The quantitative estimate of drug-likeness (QED) is 0.863. The van der Waals surface area contributed by atoms with E-state index in [1.54, 1.807) is 0 Å². The maximum Gasteiger partial charge on any atom is 0.231 e. The van der Waals surface area contributed by atoms with Crippen LogP contribution in [-0.4, -0.2) is 53.9 Å². The molecule has 0 atom stereocenters. The van der Waals surface area contributed by atoms with Gasteiger partial charge in [-0.05, 0) is 32.0 Å². The zero-order valence-corrected chi connectivity index (χ0v) is 14.1. The third-order valence-electron chi connectivity index (χ3n) is 4.68. The molecule has 2 aromatic rings. The Morgan fingerprint density at radius 1 is 0.958 bits per heavy atom. The Bertz CT molecular complexity index is 709. The molecule has 0 N–H and O–H groups in total. The average Bonchev–Trinajstić information content (AvgIpc) is 3.09. The Kier molecular flexibility index (Phi) is 3.98. The smallest absolute Gasteiger partial charge is 0.231 e. The van der Waals surface area contributed by atoms with E-state index >= 15 is 0 Å². The molecule has 0 saturated carbocycles. The van der Waals surface area contributed by atoms with Crippen molar-refractivity contribution in [1.82, 2.24) is 14.9 Å². The Morgan fingerprint density at radius 3 is 2.46 bits per heavy atom. The Balaban J connectivity index is 1.47. The van der Waals surface area contributed by atoms with Crippen LogP contribution < -0.4 is 14.4 Å². The summed E-state index contributed by atoms with van der Waals surface area (Å²) >= 11 is 0. The molecule has 2 aliphatic rings. The van der Waals surface area contributed by atoms with E-state index in [-0.39, 0.29) is 6.79 Å². The summed E-state index contributed by atoms with van der Waals surface area (Å²) in [6, 6.07) is 6.45. The molecule has 3 heterocycles. The van der Waals surface area contributed by atoms with Crippen LogP contribution in [0, 0.1) is 0 Å². The number of benzene rings is 1. The number of rotatable bonds is 3. The molecule has 1 fully saturated rings. The highest BCUT2D eigenvalue weighted by Gasteiger charge is 2.20. The van der Waals surface area contributed by atoms with Gasteiger partial charge >= 0.3 is 0 Å². The topological polar surface area (TPSA) is 50.7 Å². The number of hydrogen-bond acceptors (Lipinski definition) is 6. The molecule has 1 aromatic heterocycles. The fourth-order valence-electron chi connectivity index (χ4n) is 3.16. The highest BCUT2D eigenvalue weighted by Crippen LogP contribution is 2.35. The van der Waals surface area contributed by atoms with Crippen molar-refractivity contribution in [2.45, 2.75) is 19.9 Å². The molecular formula is C18H22N4O2. The molecule has 0 spiro atoms. The van der Waals surface area contributed by atoms with Crippen LogP contribution in [0.3, 0.4) is 0 Å². The monoisotopic (exact) mass is 326 g/mol. The van der Waals surface area contributed by atoms with Crippen molar-refractivity contribution in [3.63, 3.8) is 0 Å². The molecular weight excluding hydrogens is 304 g/mol. The second kappa shape index (κ2) is 6.28. The second-order valence-corrected chi connectivity index (χ2v) is 6.44. The molecule has 0 aliphatic carbocycles. The predicted octanol–water partition coefficient (Wildman–Crippen LogP) is 2.40. The molecule has 2 aliphatic heterocycles. The van der Waals surface area contributed by atoms with Gasteiger partial charge in [-0.1, -0.05) is 0 Å². The fraction of sp³-hybridized carbons (Fsp3) is 0.444. The van der Waals surface area contributed by atoms with Crippen LogP contribution in [0.4, 0.5) is 5.82 Å². The van der Waals surface area contributed by atoms with E-state index in [0.717, 1.165) is 54.8 Å². The van der Waals surface area contributed by atoms with Gasteiger partial charge in [-0.25, -0.2) is 4.98 Å². The summed E-state index contributed by atoms with van der Waals surface area (Å²) in [6.45, 7) is 8.91. The summed E-state index contributed by atoms with van der Waals surface area (Å²) in [7, 11) is 0. The van der Waals surface area contributed by atoms with Crippen molar-refractivity contribution in [2.24, 2.45) is 0 Å². The summed E-state index contributed by atoms with van der Waals surface area (Å²) in [5, 5.41) is 0. The first-order valence-corrected chi connectivity index (χ1v) is 8.42. The minimum Gasteiger partial charge on any atom is -0.454 e. The average molecular weight is 326 g/mol. The van der Waals surface area contributed by atoms with E-state index in [0.29, 0.717) is 6.04 Å². The third kappa shape index (κ3) is 2.89. The molecule has 0 radical (unpaired) electrons.